The zero-order chi connectivity index (χ0) is 24.0. The van der Waals surface area contributed by atoms with Crippen molar-refractivity contribution in [2.24, 2.45) is 5.92 Å². The van der Waals surface area contributed by atoms with Crippen LogP contribution in [0.4, 0.5) is 13.2 Å². The van der Waals surface area contributed by atoms with Crippen LogP contribution in [0.3, 0.4) is 0 Å². The molecule has 1 N–H and O–H groups in total. The lowest BCUT2D eigenvalue weighted by atomic mass is 10.1. The zero-order valence-electron chi connectivity index (χ0n) is 16.9. The predicted molar refractivity (Wildman–Crippen MR) is 116 cm³/mol. The van der Waals surface area contributed by atoms with Crippen molar-refractivity contribution < 1.29 is 18.0 Å². The van der Waals surface area contributed by atoms with Gasteiger partial charge in [-0.25, -0.2) is 9.97 Å². The lowest BCUT2D eigenvalue weighted by Gasteiger charge is -2.16. The van der Waals surface area contributed by atoms with Crippen molar-refractivity contribution in [1.82, 2.24) is 30.0 Å². The lowest BCUT2D eigenvalue weighted by molar-refractivity contribution is -0.137. The summed E-state index contributed by atoms with van der Waals surface area (Å²) in [5.41, 5.74) is -0.581. The molecule has 3 aromatic rings. The van der Waals surface area contributed by atoms with Gasteiger partial charge < -0.3 is 5.32 Å². The number of amides is 1. The van der Waals surface area contributed by atoms with E-state index in [0.717, 1.165) is 18.2 Å². The summed E-state index contributed by atoms with van der Waals surface area (Å²) in [5, 5.41) is 6.81. The molecule has 2 atom stereocenters. The second-order valence-corrected chi connectivity index (χ2v) is 9.64. The van der Waals surface area contributed by atoms with E-state index in [1.807, 2.05) is 0 Å². The van der Waals surface area contributed by atoms with E-state index in [4.69, 9.17) is 34.8 Å². The minimum Gasteiger partial charge on any atom is -0.344 e. The summed E-state index contributed by atoms with van der Waals surface area (Å²) in [6.07, 6.45) is 0.415. The Labute approximate surface area is 201 Å². The third kappa shape index (κ3) is 5.39. The van der Waals surface area contributed by atoms with E-state index in [1.54, 1.807) is 11.6 Å². The number of aromatic nitrogens is 5. The van der Waals surface area contributed by atoms with Crippen LogP contribution in [0.5, 0.6) is 0 Å². The molecule has 2 heterocycles. The first-order chi connectivity index (χ1) is 15.4. The second-order valence-electron chi connectivity index (χ2n) is 7.66. The Bertz CT molecular complexity index is 1200. The van der Waals surface area contributed by atoms with Crippen LogP contribution >= 0.6 is 34.8 Å². The van der Waals surface area contributed by atoms with Crippen LogP contribution in [0.1, 0.15) is 41.0 Å². The fourth-order valence-corrected chi connectivity index (χ4v) is 4.00. The average molecular weight is 520 g/mol. The maximum Gasteiger partial charge on any atom is 0.416 e. The minimum atomic E-state index is -4.64. The molecule has 13 heteroatoms. The van der Waals surface area contributed by atoms with Crippen LogP contribution in [-0.2, 0) is 12.7 Å². The molecule has 1 fully saturated rings. The monoisotopic (exact) mass is 518 g/mol. The minimum absolute atomic E-state index is 0.0641. The topological polar surface area (TPSA) is 85.6 Å². The molecular weight excluding hydrogens is 504 g/mol. The molecular formula is C20H16Cl3F3N6O. The number of carbonyl (C=O) groups excluding carboxylic acids is 1. The molecule has 0 aliphatic heterocycles. The summed E-state index contributed by atoms with van der Waals surface area (Å²) >= 11 is 17.9. The van der Waals surface area contributed by atoms with Gasteiger partial charge in [-0.15, -0.1) is 28.3 Å². The fourth-order valence-electron chi connectivity index (χ4n) is 3.26. The van der Waals surface area contributed by atoms with Crippen molar-refractivity contribution in [3.05, 3.63) is 58.8 Å². The molecule has 7 nitrogen and oxygen atoms in total. The molecule has 2 unspecified atom stereocenters. The SMILES string of the molecule is CC(NC(=O)c1cc(Cl)cc(C(F)(F)F)c1)c1nccnc1-c1ncn(CC2CC2(Cl)Cl)n1. The van der Waals surface area contributed by atoms with Gasteiger partial charge in [0.05, 0.1) is 17.3 Å². The van der Waals surface area contributed by atoms with E-state index in [1.165, 1.54) is 18.7 Å². The summed E-state index contributed by atoms with van der Waals surface area (Å²) in [6, 6.07) is 1.93. The number of alkyl halides is 5. The van der Waals surface area contributed by atoms with E-state index in [-0.39, 0.29) is 22.3 Å². The lowest BCUT2D eigenvalue weighted by Crippen LogP contribution is -2.28. The molecule has 1 saturated carbocycles. The van der Waals surface area contributed by atoms with Crippen molar-refractivity contribution in [2.75, 3.05) is 0 Å². The van der Waals surface area contributed by atoms with Gasteiger partial charge in [-0.1, -0.05) is 11.6 Å². The van der Waals surface area contributed by atoms with Gasteiger partial charge in [0.15, 0.2) is 0 Å². The standard InChI is InChI=1S/C20H16Cl3F3N6O/c1-10(30-18(33)11-4-12(20(24,25)26)6-14(21)5-11)15-16(28-3-2-27-15)17-29-9-32(31-17)8-13-7-19(13,22)23/h2-6,9-10,13H,7-8H2,1H3,(H,30,33). The molecule has 2 aromatic heterocycles. The van der Waals surface area contributed by atoms with Gasteiger partial charge in [-0.3, -0.25) is 14.5 Å². The van der Waals surface area contributed by atoms with Crippen LogP contribution in [0.15, 0.2) is 36.9 Å². The predicted octanol–water partition coefficient (Wildman–Crippen LogP) is 5.09. The van der Waals surface area contributed by atoms with Crippen molar-refractivity contribution >= 4 is 40.7 Å². The Morgan fingerprint density at radius 3 is 2.61 bits per heavy atom. The molecule has 0 spiro atoms. The zero-order valence-corrected chi connectivity index (χ0v) is 19.2. The van der Waals surface area contributed by atoms with Gasteiger partial charge >= 0.3 is 6.18 Å². The number of rotatable bonds is 6. The van der Waals surface area contributed by atoms with Gasteiger partial charge in [-0.05, 0) is 31.5 Å². The number of hydrogen-bond donors (Lipinski definition) is 1. The largest absolute Gasteiger partial charge is 0.416 e. The summed E-state index contributed by atoms with van der Waals surface area (Å²) in [7, 11) is 0. The van der Waals surface area contributed by atoms with Crippen LogP contribution in [0.25, 0.3) is 11.5 Å². The molecule has 174 valence electrons. The summed E-state index contributed by atoms with van der Waals surface area (Å²) < 4.78 is 40.0. The molecule has 1 aromatic carbocycles. The van der Waals surface area contributed by atoms with Crippen LogP contribution in [-0.4, -0.2) is 35.0 Å². The summed E-state index contributed by atoms with van der Waals surface area (Å²) in [6.45, 7) is 2.11. The first-order valence-electron chi connectivity index (χ1n) is 9.71. The van der Waals surface area contributed by atoms with Gasteiger partial charge in [0.2, 0.25) is 5.82 Å². The molecule has 1 amide bonds. The van der Waals surface area contributed by atoms with Gasteiger partial charge in [-0.2, -0.15) is 13.2 Å². The Morgan fingerprint density at radius 2 is 1.94 bits per heavy atom. The number of hydrogen-bond acceptors (Lipinski definition) is 5. The number of benzene rings is 1. The van der Waals surface area contributed by atoms with E-state index in [9.17, 15) is 18.0 Å². The fraction of sp³-hybridized carbons (Fsp3) is 0.350. The van der Waals surface area contributed by atoms with Crippen molar-refractivity contribution in [3.63, 3.8) is 0 Å². The maximum absolute atomic E-state index is 13.1. The Hall–Kier alpha value is -2.43. The number of halogens is 6. The third-order valence-electron chi connectivity index (χ3n) is 5.08. The molecule has 0 bridgehead atoms. The van der Waals surface area contributed by atoms with E-state index >= 15 is 0 Å². The average Bonchev–Trinajstić information content (AvgIpc) is 3.10. The Morgan fingerprint density at radius 1 is 1.24 bits per heavy atom. The van der Waals surface area contributed by atoms with Gasteiger partial charge in [0, 0.05) is 35.4 Å². The number of nitrogens with zero attached hydrogens (tertiary/aromatic N) is 5. The Kier molecular flexibility index (Phi) is 6.28. The summed E-state index contributed by atoms with van der Waals surface area (Å²) in [5.74, 6) is -0.411. The van der Waals surface area contributed by atoms with Gasteiger partial charge in [0.1, 0.15) is 16.4 Å². The molecule has 0 radical (unpaired) electrons. The van der Waals surface area contributed by atoms with Crippen LogP contribution < -0.4 is 5.32 Å². The van der Waals surface area contributed by atoms with Gasteiger partial charge in [0.25, 0.3) is 5.91 Å². The molecule has 1 aliphatic rings. The van der Waals surface area contributed by atoms with Crippen molar-refractivity contribution in [1.29, 1.82) is 0 Å². The quantitative estimate of drug-likeness (QED) is 0.459. The first kappa shape index (κ1) is 23.7. The molecule has 1 aliphatic carbocycles. The number of carbonyl (C=O) groups is 1. The van der Waals surface area contributed by atoms with E-state index in [2.05, 4.69) is 25.4 Å². The first-order valence-corrected chi connectivity index (χ1v) is 10.8. The Balaban J connectivity index is 1.53. The highest BCUT2D eigenvalue weighted by molar-refractivity contribution is 6.50. The van der Waals surface area contributed by atoms with Crippen molar-refractivity contribution in [3.8, 4) is 11.5 Å². The maximum atomic E-state index is 13.1. The van der Waals surface area contributed by atoms with Crippen LogP contribution in [0, 0.1) is 5.92 Å². The second kappa shape index (κ2) is 8.73. The van der Waals surface area contributed by atoms with Crippen molar-refractivity contribution in [2.45, 2.75) is 36.4 Å². The molecule has 33 heavy (non-hydrogen) atoms. The summed E-state index contributed by atoms with van der Waals surface area (Å²) in [4.78, 5) is 25.4. The highest BCUT2D eigenvalue weighted by Crippen LogP contribution is 2.53. The molecule has 4 rings (SSSR count). The number of nitrogens with one attached hydrogen (secondary N) is 1. The smallest absolute Gasteiger partial charge is 0.344 e. The highest BCUT2D eigenvalue weighted by Gasteiger charge is 2.51. The normalized spacial score (nSPS) is 18.1. The van der Waals surface area contributed by atoms with Crippen LogP contribution in [0.2, 0.25) is 5.02 Å². The molecule has 0 saturated heterocycles. The van der Waals surface area contributed by atoms with E-state index < -0.39 is 28.0 Å². The highest BCUT2D eigenvalue weighted by atomic mass is 35.5. The third-order valence-corrected chi connectivity index (χ3v) is 6.23. The van der Waals surface area contributed by atoms with E-state index in [0.29, 0.717) is 24.4 Å².